The average molecular weight is 345 g/mol. The molecule has 134 valence electrons. The molecule has 2 heterocycles. The monoisotopic (exact) mass is 345 g/mol. The van der Waals surface area contributed by atoms with Gasteiger partial charge in [0.25, 0.3) is 0 Å². The number of carbonyl (C=O) groups excluding carboxylic acids is 1. The van der Waals surface area contributed by atoms with Gasteiger partial charge in [-0.15, -0.1) is 0 Å². The number of nitrogens with one attached hydrogen (secondary N) is 1. The fourth-order valence-corrected chi connectivity index (χ4v) is 3.67. The Hall–Kier alpha value is -1.70. The number of hydrogen-bond donors (Lipinski definition) is 3. The Kier molecular flexibility index (Phi) is 5.88. The summed E-state index contributed by atoms with van der Waals surface area (Å²) in [5.41, 5.74) is 3.04. The number of fused-ring (bicyclic) bond motifs is 1. The van der Waals surface area contributed by atoms with Gasteiger partial charge in [-0.3, -0.25) is 9.59 Å². The van der Waals surface area contributed by atoms with Crippen molar-refractivity contribution in [3.05, 3.63) is 34.9 Å². The van der Waals surface area contributed by atoms with Crippen molar-refractivity contribution in [3.8, 4) is 0 Å². The Balaban J connectivity index is 1.64. The van der Waals surface area contributed by atoms with Gasteiger partial charge in [-0.25, -0.2) is 0 Å². The van der Waals surface area contributed by atoms with Gasteiger partial charge in [0.2, 0.25) is 0 Å². The number of rotatable bonds is 5. The van der Waals surface area contributed by atoms with Crippen molar-refractivity contribution in [2.24, 2.45) is 0 Å². The molecule has 1 aromatic rings. The number of carbonyl (C=O) groups is 2. The van der Waals surface area contributed by atoms with Gasteiger partial charge in [0.1, 0.15) is 0 Å². The molecule has 0 saturated carbocycles. The van der Waals surface area contributed by atoms with Crippen molar-refractivity contribution in [1.82, 2.24) is 5.32 Å². The van der Waals surface area contributed by atoms with Crippen molar-refractivity contribution < 1.29 is 24.4 Å². The second-order valence-electron chi connectivity index (χ2n) is 7.01. The minimum Gasteiger partial charge on any atom is -0.481 e. The first kappa shape index (κ1) is 18.1. The normalized spacial score (nSPS) is 23.6. The van der Waals surface area contributed by atoms with Gasteiger partial charge in [-0.05, 0) is 23.6 Å². The Morgan fingerprint density at radius 3 is 2.72 bits per heavy atom. The summed E-state index contributed by atoms with van der Waals surface area (Å²) >= 11 is 0. The highest BCUT2D eigenvalue weighted by molar-refractivity contribution is 6.45. The quantitative estimate of drug-likeness (QED) is 0.559. The van der Waals surface area contributed by atoms with E-state index in [1.54, 1.807) is 0 Å². The SMILES string of the molecule is O=C(O)C[C@@H]1CCCC[C@H](CC(=O)c2ccc3c(c2)CNC3)B(O)O1. The van der Waals surface area contributed by atoms with Crippen LogP contribution in [0.2, 0.25) is 5.82 Å². The molecule has 0 amide bonds. The van der Waals surface area contributed by atoms with Crippen LogP contribution in [0.25, 0.3) is 0 Å². The van der Waals surface area contributed by atoms with Gasteiger partial charge in [-0.1, -0.05) is 31.4 Å². The van der Waals surface area contributed by atoms with Crippen molar-refractivity contribution in [2.45, 2.75) is 63.5 Å². The van der Waals surface area contributed by atoms with E-state index >= 15 is 0 Å². The van der Waals surface area contributed by atoms with E-state index < -0.39 is 19.2 Å². The second-order valence-corrected chi connectivity index (χ2v) is 7.01. The molecule has 3 rings (SSSR count). The molecular formula is C18H24BNO5. The summed E-state index contributed by atoms with van der Waals surface area (Å²) in [5, 5.41) is 22.5. The van der Waals surface area contributed by atoms with Crippen molar-refractivity contribution in [3.63, 3.8) is 0 Å². The standard InChI is InChI=1S/C18H24BNO5/c21-17(12-5-6-13-10-20-11-14(13)7-12)8-15-3-1-2-4-16(9-18(22)23)25-19(15)24/h5-7,15-16,20,24H,1-4,8-11H2,(H,22,23)/t15-,16+/m1/s1. The van der Waals surface area contributed by atoms with Crippen LogP contribution in [0.5, 0.6) is 0 Å². The molecule has 2 atom stereocenters. The summed E-state index contributed by atoms with van der Waals surface area (Å²) in [5.74, 6) is -1.23. The number of carboxylic acid groups (broad SMARTS) is 1. The zero-order valence-corrected chi connectivity index (χ0v) is 14.2. The maximum absolute atomic E-state index is 12.6. The van der Waals surface area contributed by atoms with E-state index in [0.29, 0.717) is 18.4 Å². The van der Waals surface area contributed by atoms with Crippen LogP contribution in [-0.2, 0) is 22.5 Å². The second kappa shape index (κ2) is 8.12. The van der Waals surface area contributed by atoms with Crippen LogP contribution in [-0.4, -0.2) is 35.1 Å². The Morgan fingerprint density at radius 1 is 1.16 bits per heavy atom. The molecule has 3 N–H and O–H groups in total. The summed E-state index contributed by atoms with van der Waals surface area (Å²) in [6, 6.07) is 5.76. The predicted molar refractivity (Wildman–Crippen MR) is 93.2 cm³/mol. The van der Waals surface area contributed by atoms with E-state index in [-0.39, 0.29) is 24.4 Å². The lowest BCUT2D eigenvalue weighted by atomic mass is 9.65. The summed E-state index contributed by atoms with van der Waals surface area (Å²) in [7, 11) is -1.09. The van der Waals surface area contributed by atoms with E-state index in [9.17, 15) is 14.6 Å². The third-order valence-corrected chi connectivity index (χ3v) is 5.10. The van der Waals surface area contributed by atoms with Crippen LogP contribution in [0.1, 0.15) is 60.0 Å². The molecule has 0 spiro atoms. The molecule has 1 aromatic carbocycles. The molecule has 0 aromatic heterocycles. The summed E-state index contributed by atoms with van der Waals surface area (Å²) in [6.07, 6.45) is 2.66. The summed E-state index contributed by atoms with van der Waals surface area (Å²) in [6.45, 7) is 1.62. The molecule has 2 aliphatic heterocycles. The average Bonchev–Trinajstić information content (AvgIpc) is 3.02. The van der Waals surface area contributed by atoms with Crippen LogP contribution in [0.3, 0.4) is 0 Å². The highest BCUT2D eigenvalue weighted by Crippen LogP contribution is 2.30. The summed E-state index contributed by atoms with van der Waals surface area (Å²) < 4.78 is 5.54. The number of Topliss-reactive ketones (excluding diaryl/α,β-unsaturated/α-hetero) is 1. The maximum atomic E-state index is 12.6. The zero-order valence-electron chi connectivity index (χ0n) is 14.2. The van der Waals surface area contributed by atoms with Gasteiger partial charge in [0.15, 0.2) is 5.78 Å². The molecule has 0 radical (unpaired) electrons. The van der Waals surface area contributed by atoms with Gasteiger partial charge in [0.05, 0.1) is 12.5 Å². The van der Waals surface area contributed by atoms with E-state index in [1.807, 2.05) is 18.2 Å². The van der Waals surface area contributed by atoms with E-state index in [0.717, 1.165) is 31.5 Å². The third kappa shape index (κ3) is 4.68. The van der Waals surface area contributed by atoms with Gasteiger partial charge >= 0.3 is 13.1 Å². The van der Waals surface area contributed by atoms with Crippen LogP contribution in [0.15, 0.2) is 18.2 Å². The zero-order chi connectivity index (χ0) is 17.8. The van der Waals surface area contributed by atoms with Crippen molar-refractivity contribution in [1.29, 1.82) is 0 Å². The van der Waals surface area contributed by atoms with Gasteiger partial charge in [0, 0.05) is 30.9 Å². The number of hydrogen-bond acceptors (Lipinski definition) is 5. The van der Waals surface area contributed by atoms with Gasteiger partial charge in [-0.2, -0.15) is 0 Å². The van der Waals surface area contributed by atoms with E-state index in [2.05, 4.69) is 5.32 Å². The smallest absolute Gasteiger partial charge is 0.458 e. The maximum Gasteiger partial charge on any atom is 0.458 e. The molecule has 0 bridgehead atoms. The Morgan fingerprint density at radius 2 is 1.92 bits per heavy atom. The first-order valence-corrected chi connectivity index (χ1v) is 8.94. The summed E-state index contributed by atoms with van der Waals surface area (Å²) in [4.78, 5) is 23.5. The molecular weight excluding hydrogens is 321 g/mol. The first-order chi connectivity index (χ1) is 12.0. The van der Waals surface area contributed by atoms with Gasteiger partial charge < -0.3 is 20.1 Å². The van der Waals surface area contributed by atoms with E-state index in [4.69, 9.17) is 9.76 Å². The predicted octanol–water partition coefficient (Wildman–Crippen LogP) is 2.15. The number of ketones is 1. The van der Waals surface area contributed by atoms with Crippen molar-refractivity contribution >= 4 is 18.9 Å². The minimum atomic E-state index is -1.09. The highest BCUT2D eigenvalue weighted by atomic mass is 16.5. The van der Waals surface area contributed by atoms with Crippen LogP contribution >= 0.6 is 0 Å². The molecule has 1 saturated heterocycles. The Labute approximate surface area is 147 Å². The van der Waals surface area contributed by atoms with Crippen LogP contribution in [0, 0.1) is 0 Å². The van der Waals surface area contributed by atoms with Crippen molar-refractivity contribution in [2.75, 3.05) is 0 Å². The fraction of sp³-hybridized carbons (Fsp3) is 0.556. The minimum absolute atomic E-state index is 0.00212. The Bertz CT molecular complexity index is 650. The van der Waals surface area contributed by atoms with Crippen LogP contribution in [0.4, 0.5) is 0 Å². The molecule has 0 unspecified atom stereocenters. The lowest BCUT2D eigenvalue weighted by Gasteiger charge is -2.27. The largest absolute Gasteiger partial charge is 0.481 e. The lowest BCUT2D eigenvalue weighted by Crippen LogP contribution is -2.34. The number of benzene rings is 1. The molecule has 6 nitrogen and oxygen atoms in total. The first-order valence-electron chi connectivity index (χ1n) is 8.94. The number of carboxylic acids is 1. The van der Waals surface area contributed by atoms with Crippen LogP contribution < -0.4 is 5.32 Å². The molecule has 1 fully saturated rings. The fourth-order valence-electron chi connectivity index (χ4n) is 3.67. The molecule has 2 aliphatic rings. The third-order valence-electron chi connectivity index (χ3n) is 5.10. The molecule has 7 heteroatoms. The highest BCUT2D eigenvalue weighted by Gasteiger charge is 2.33. The molecule has 25 heavy (non-hydrogen) atoms. The lowest BCUT2D eigenvalue weighted by molar-refractivity contribution is -0.139. The molecule has 0 aliphatic carbocycles. The number of aliphatic carboxylic acids is 1. The topological polar surface area (TPSA) is 95.9 Å². The van der Waals surface area contributed by atoms with E-state index in [1.165, 1.54) is 5.56 Å².